The van der Waals surface area contributed by atoms with Gasteiger partial charge in [-0.05, 0) is 42.8 Å². The highest BCUT2D eigenvalue weighted by atomic mass is 35.5. The smallest absolute Gasteiger partial charge is 0.237 e. The average Bonchev–Trinajstić information content (AvgIpc) is 3.97. The van der Waals surface area contributed by atoms with Gasteiger partial charge in [-0.15, -0.1) is 20.4 Å². The number of aromatic amines is 5. The molecule has 0 aliphatic heterocycles. The summed E-state index contributed by atoms with van der Waals surface area (Å²) in [4.78, 5) is 3.21. The number of nitrogens with zero attached hydrogens (tertiary/aromatic N) is 8. The van der Waals surface area contributed by atoms with Crippen LogP contribution < -0.4 is 16.2 Å². The molecular weight excluding hydrogens is 677 g/mol. The molecule has 0 fully saturated rings. The first-order valence-corrected chi connectivity index (χ1v) is 15.2. The van der Waals surface area contributed by atoms with E-state index in [1.165, 1.54) is 0 Å². The summed E-state index contributed by atoms with van der Waals surface area (Å²) in [6, 6.07) is 12.0. The Bertz CT molecular complexity index is 1780. The van der Waals surface area contributed by atoms with Gasteiger partial charge in [0.05, 0.1) is 30.3 Å². The third-order valence-electron chi connectivity index (χ3n) is 6.10. The Morgan fingerprint density at radius 2 is 1.49 bits per heavy atom. The predicted octanol–water partition coefficient (Wildman–Crippen LogP) is 3.92. The lowest BCUT2D eigenvalue weighted by atomic mass is 10.1. The highest BCUT2D eigenvalue weighted by molar-refractivity contribution is 6.31. The van der Waals surface area contributed by atoms with E-state index in [4.69, 9.17) is 48.9 Å². The Hall–Kier alpha value is -5.82. The van der Waals surface area contributed by atoms with E-state index in [9.17, 15) is 0 Å². The fourth-order valence-corrected chi connectivity index (χ4v) is 4.14. The number of aromatic nitrogens is 13. The second-order valence-electron chi connectivity index (χ2n) is 9.33. The largest absolute Gasteiger partial charge is 0.486 e. The molecule has 256 valence electrons. The van der Waals surface area contributed by atoms with E-state index in [0.717, 1.165) is 16.5 Å². The summed E-state index contributed by atoms with van der Waals surface area (Å²) in [7, 11) is 0. The van der Waals surface area contributed by atoms with Crippen molar-refractivity contribution in [3.63, 3.8) is 0 Å². The molecule has 9 N–H and O–H groups in total. The van der Waals surface area contributed by atoms with Gasteiger partial charge in [0.1, 0.15) is 18.1 Å². The Balaban J connectivity index is 0.000000292. The first kappa shape index (κ1) is 36.0. The zero-order valence-electron chi connectivity index (χ0n) is 26.0. The van der Waals surface area contributed by atoms with Crippen LogP contribution >= 0.6 is 23.2 Å². The van der Waals surface area contributed by atoms with Crippen LogP contribution in [-0.4, -0.2) is 80.0 Å². The normalized spacial score (nSPS) is 11.5. The van der Waals surface area contributed by atoms with E-state index < -0.39 is 6.04 Å². The molecule has 0 spiro atoms. The minimum atomic E-state index is -0.875. The van der Waals surface area contributed by atoms with Crippen LogP contribution in [-0.2, 0) is 16.1 Å². The predicted molar refractivity (Wildman–Crippen MR) is 180 cm³/mol. The lowest BCUT2D eigenvalue weighted by molar-refractivity contribution is 0.0189. The summed E-state index contributed by atoms with van der Waals surface area (Å²) in [6.45, 7) is 2.61. The minimum Gasteiger partial charge on any atom is -0.486 e. The molecule has 5 heterocycles. The van der Waals surface area contributed by atoms with E-state index >= 15 is 0 Å². The fraction of sp³-hybridized carbons (Fsp3) is 0.172. The van der Waals surface area contributed by atoms with Gasteiger partial charge in [0.2, 0.25) is 5.88 Å². The molecule has 20 heteroatoms. The Morgan fingerprint density at radius 1 is 0.857 bits per heavy atom. The van der Waals surface area contributed by atoms with Crippen molar-refractivity contribution in [3.8, 4) is 5.88 Å². The Morgan fingerprint density at radius 3 is 2.04 bits per heavy atom. The number of hydrogen-bond donors (Lipinski definition) is 7. The zero-order chi connectivity index (χ0) is 34.7. The van der Waals surface area contributed by atoms with Gasteiger partial charge >= 0.3 is 0 Å². The number of ether oxygens (including phenoxy) is 3. The molecule has 0 radical (unpaired) electrons. The molecular formula is C29H33Cl2N15O3. The highest BCUT2D eigenvalue weighted by Gasteiger charge is 2.25. The SMILES string of the molecule is CCOCOc1[nH]nnc1C(N)C(N)=C(OCc1ccc(Cl)cc1)c1c[nH]c2ccc(Cl)cc12.c1c[nH]nn1.c1c[nH]nn1.c1c[nH]nn1. The number of benzene rings is 2. The third-order valence-corrected chi connectivity index (χ3v) is 6.59. The zero-order valence-corrected chi connectivity index (χ0v) is 27.5. The van der Waals surface area contributed by atoms with Crippen molar-refractivity contribution in [2.75, 3.05) is 13.4 Å². The molecule has 7 rings (SSSR count). The number of rotatable bonds is 10. The third kappa shape index (κ3) is 11.4. The Kier molecular flexibility index (Phi) is 14.5. The monoisotopic (exact) mass is 709 g/mol. The van der Waals surface area contributed by atoms with Crippen LogP contribution in [0.5, 0.6) is 5.88 Å². The number of hydrogen-bond acceptors (Lipinski definition) is 13. The molecule has 49 heavy (non-hydrogen) atoms. The second kappa shape index (κ2) is 19.8. The summed E-state index contributed by atoms with van der Waals surface area (Å²) >= 11 is 12.3. The molecule has 5 aromatic heterocycles. The number of fused-ring (bicyclic) bond motifs is 1. The van der Waals surface area contributed by atoms with Gasteiger partial charge in [0.25, 0.3) is 0 Å². The van der Waals surface area contributed by atoms with Gasteiger partial charge in [-0.2, -0.15) is 0 Å². The van der Waals surface area contributed by atoms with Crippen molar-refractivity contribution in [3.05, 3.63) is 118 Å². The highest BCUT2D eigenvalue weighted by Crippen LogP contribution is 2.33. The molecule has 0 aliphatic carbocycles. The topological polar surface area (TPSA) is 262 Å². The summed E-state index contributed by atoms with van der Waals surface area (Å²) in [6.07, 6.45) is 11.5. The number of nitrogens with two attached hydrogens (primary N) is 2. The van der Waals surface area contributed by atoms with E-state index in [1.54, 1.807) is 61.6 Å². The molecule has 0 aliphatic rings. The molecule has 0 bridgehead atoms. The van der Waals surface area contributed by atoms with Gasteiger partial charge in [-0.1, -0.05) is 56.2 Å². The summed E-state index contributed by atoms with van der Waals surface area (Å²) in [5, 5.41) is 40.4. The van der Waals surface area contributed by atoms with E-state index in [-0.39, 0.29) is 25.0 Å². The number of nitrogens with one attached hydrogen (secondary N) is 5. The van der Waals surface area contributed by atoms with Crippen LogP contribution in [0.1, 0.15) is 29.8 Å². The average molecular weight is 711 g/mol. The molecule has 0 amide bonds. The maximum Gasteiger partial charge on any atom is 0.237 e. The standard InChI is InChI=1S/C23H24Cl2N6O3.3C2H3N3/c1-2-32-12-34-23-21(29-31-30-23)19(26)20(27)22(33-11-13-3-5-14(24)6-4-13)17-10-28-18-8-7-15(25)9-16(17)18;3*1-2-4-5-3-1/h3-10,19,28H,2,11-12,26-27H2,1H3,(H,29,30,31);3*1-2H,(H,3,4,5). The summed E-state index contributed by atoms with van der Waals surface area (Å²) in [5.41, 5.74) is 16.1. The first-order chi connectivity index (χ1) is 24.0. The van der Waals surface area contributed by atoms with Crippen LogP contribution in [0.25, 0.3) is 16.7 Å². The molecule has 0 saturated carbocycles. The van der Waals surface area contributed by atoms with Gasteiger partial charge in [-0.25, -0.2) is 5.10 Å². The molecule has 1 atom stereocenters. The maximum atomic E-state index is 6.58. The van der Waals surface area contributed by atoms with Crippen molar-refractivity contribution in [2.45, 2.75) is 19.6 Å². The van der Waals surface area contributed by atoms with Crippen molar-refractivity contribution in [2.24, 2.45) is 11.5 Å². The van der Waals surface area contributed by atoms with Crippen LogP contribution in [0, 0.1) is 0 Å². The number of H-pyrrole nitrogens is 5. The lowest BCUT2D eigenvalue weighted by Crippen LogP contribution is -2.22. The van der Waals surface area contributed by atoms with Crippen molar-refractivity contribution >= 4 is 39.9 Å². The Labute approximate surface area is 288 Å². The van der Waals surface area contributed by atoms with Crippen molar-refractivity contribution < 1.29 is 14.2 Å². The second-order valence-corrected chi connectivity index (χ2v) is 10.2. The van der Waals surface area contributed by atoms with E-state index in [2.05, 4.69) is 66.6 Å². The molecule has 7 aromatic rings. The quantitative estimate of drug-likeness (QED) is 0.0604. The van der Waals surface area contributed by atoms with Crippen molar-refractivity contribution in [1.82, 2.24) is 66.6 Å². The van der Waals surface area contributed by atoms with Gasteiger partial charge in [-0.3, -0.25) is 15.3 Å². The lowest BCUT2D eigenvalue weighted by Gasteiger charge is -2.18. The maximum absolute atomic E-state index is 6.58. The minimum absolute atomic E-state index is 0.0184. The molecule has 1 unspecified atom stereocenters. The number of halogens is 2. The van der Waals surface area contributed by atoms with Gasteiger partial charge in [0.15, 0.2) is 6.79 Å². The van der Waals surface area contributed by atoms with Crippen molar-refractivity contribution in [1.29, 1.82) is 0 Å². The van der Waals surface area contributed by atoms with E-state index in [0.29, 0.717) is 33.7 Å². The molecule has 18 nitrogen and oxygen atoms in total. The van der Waals surface area contributed by atoms with Gasteiger partial charge in [0, 0.05) is 57.9 Å². The molecule has 0 saturated heterocycles. The first-order valence-electron chi connectivity index (χ1n) is 14.4. The van der Waals surface area contributed by atoms with Crippen LogP contribution in [0.3, 0.4) is 0 Å². The fourth-order valence-electron chi connectivity index (χ4n) is 3.84. The van der Waals surface area contributed by atoms with Crippen LogP contribution in [0.15, 0.2) is 91.5 Å². The summed E-state index contributed by atoms with van der Waals surface area (Å²) < 4.78 is 17.0. The van der Waals surface area contributed by atoms with Crippen LogP contribution in [0.4, 0.5) is 0 Å². The van der Waals surface area contributed by atoms with E-state index in [1.807, 2.05) is 31.2 Å². The van der Waals surface area contributed by atoms with Crippen LogP contribution in [0.2, 0.25) is 10.0 Å². The van der Waals surface area contributed by atoms with Gasteiger partial charge < -0.3 is 30.7 Å². The molecule has 2 aromatic carbocycles. The summed E-state index contributed by atoms with van der Waals surface area (Å²) in [5.74, 6) is 0.651.